The molecule has 0 aliphatic carbocycles. The van der Waals surface area contributed by atoms with Crippen molar-refractivity contribution in [2.75, 3.05) is 13.7 Å². The molecule has 1 unspecified atom stereocenters. The summed E-state index contributed by atoms with van der Waals surface area (Å²) >= 11 is 0. The molecule has 2 N–H and O–H groups in total. The molecule has 1 aromatic heterocycles. The average Bonchev–Trinajstić information content (AvgIpc) is 2.84. The van der Waals surface area contributed by atoms with E-state index >= 15 is 0 Å². The summed E-state index contributed by atoms with van der Waals surface area (Å²) in [6.45, 7) is 2.79. The van der Waals surface area contributed by atoms with Gasteiger partial charge in [-0.1, -0.05) is 0 Å². The van der Waals surface area contributed by atoms with Gasteiger partial charge in [-0.3, -0.25) is 9.89 Å². The van der Waals surface area contributed by atoms with Crippen molar-refractivity contribution in [3.8, 4) is 0 Å². The summed E-state index contributed by atoms with van der Waals surface area (Å²) in [7, 11) is 1.27. The first-order valence-electron chi connectivity index (χ1n) is 5.76. The monoisotopic (exact) mass is 252 g/mol. The number of aromatic amines is 1. The van der Waals surface area contributed by atoms with Gasteiger partial charge in [-0.05, 0) is 6.92 Å². The van der Waals surface area contributed by atoms with Gasteiger partial charge >= 0.3 is 6.09 Å². The van der Waals surface area contributed by atoms with Crippen molar-refractivity contribution in [3.05, 3.63) is 17.5 Å². The van der Waals surface area contributed by atoms with Gasteiger partial charge in [0.05, 0.1) is 13.3 Å². The first-order chi connectivity index (χ1) is 8.61. The van der Waals surface area contributed by atoms with Gasteiger partial charge in [0.2, 0.25) is 5.91 Å². The molecule has 0 radical (unpaired) electrons. The van der Waals surface area contributed by atoms with Crippen LogP contribution in [0, 0.1) is 0 Å². The fraction of sp³-hybridized carbons (Fsp3) is 0.545. The molecule has 1 atom stereocenters. The number of rotatable bonds is 2. The van der Waals surface area contributed by atoms with E-state index in [1.807, 2.05) is 0 Å². The molecule has 0 saturated carbocycles. The minimum absolute atomic E-state index is 0.118. The minimum Gasteiger partial charge on any atom is -0.453 e. The van der Waals surface area contributed by atoms with E-state index < -0.39 is 12.1 Å². The van der Waals surface area contributed by atoms with E-state index in [1.165, 1.54) is 7.11 Å². The second kappa shape index (κ2) is 5.07. The SMILES string of the molecule is COC(=O)NC(C)C(=O)N1CCc2[nH]ncc2C1. The molecule has 0 saturated heterocycles. The van der Waals surface area contributed by atoms with E-state index in [-0.39, 0.29) is 5.91 Å². The summed E-state index contributed by atoms with van der Waals surface area (Å²) in [5.41, 5.74) is 2.10. The van der Waals surface area contributed by atoms with Crippen molar-refractivity contribution in [2.45, 2.75) is 25.9 Å². The summed E-state index contributed by atoms with van der Waals surface area (Å²) in [6, 6.07) is -0.592. The molecule has 7 nitrogen and oxygen atoms in total. The number of nitrogens with zero attached hydrogens (tertiary/aromatic N) is 2. The number of hydrogen-bond donors (Lipinski definition) is 2. The molecule has 1 aromatic rings. The first kappa shape index (κ1) is 12.4. The second-order valence-electron chi connectivity index (χ2n) is 4.24. The number of carbonyl (C=O) groups is 2. The fourth-order valence-corrected chi connectivity index (χ4v) is 1.98. The van der Waals surface area contributed by atoms with Crippen LogP contribution in [0.2, 0.25) is 0 Å². The van der Waals surface area contributed by atoms with Crippen molar-refractivity contribution < 1.29 is 14.3 Å². The fourth-order valence-electron chi connectivity index (χ4n) is 1.98. The van der Waals surface area contributed by atoms with Crippen LogP contribution in [0.5, 0.6) is 0 Å². The summed E-state index contributed by atoms with van der Waals surface area (Å²) in [4.78, 5) is 24.9. The van der Waals surface area contributed by atoms with Crippen molar-refractivity contribution in [1.29, 1.82) is 0 Å². The Bertz CT molecular complexity index is 457. The quantitative estimate of drug-likeness (QED) is 0.778. The van der Waals surface area contributed by atoms with E-state index in [0.717, 1.165) is 17.7 Å². The summed E-state index contributed by atoms with van der Waals surface area (Å²) in [5, 5.41) is 9.33. The predicted molar refractivity (Wildman–Crippen MR) is 62.7 cm³/mol. The summed E-state index contributed by atoms with van der Waals surface area (Å²) in [6.07, 6.45) is 1.89. The molecule has 0 fully saturated rings. The van der Waals surface area contributed by atoms with Gasteiger partial charge in [-0.25, -0.2) is 4.79 Å². The molecule has 0 spiro atoms. The number of carbonyl (C=O) groups excluding carboxylic acids is 2. The molecule has 1 aliphatic heterocycles. The number of ether oxygens (including phenoxy) is 1. The lowest BCUT2D eigenvalue weighted by Gasteiger charge is -2.29. The van der Waals surface area contributed by atoms with Crippen LogP contribution in [0.15, 0.2) is 6.20 Å². The predicted octanol–water partition coefficient (Wildman–Crippen LogP) is 0.0389. The van der Waals surface area contributed by atoms with E-state index in [9.17, 15) is 9.59 Å². The lowest BCUT2D eigenvalue weighted by atomic mass is 10.1. The van der Waals surface area contributed by atoms with Gasteiger partial charge in [-0.15, -0.1) is 0 Å². The van der Waals surface area contributed by atoms with Gasteiger partial charge in [0.25, 0.3) is 0 Å². The van der Waals surface area contributed by atoms with Gasteiger partial charge in [0.1, 0.15) is 6.04 Å². The molecular formula is C11H16N4O3. The molecule has 0 bridgehead atoms. The third kappa shape index (κ3) is 2.44. The van der Waals surface area contributed by atoms with Crippen LogP contribution in [-0.4, -0.2) is 46.8 Å². The Balaban J connectivity index is 1.96. The van der Waals surface area contributed by atoms with Crippen LogP contribution in [0.1, 0.15) is 18.2 Å². The Morgan fingerprint density at radius 1 is 1.61 bits per heavy atom. The summed E-state index contributed by atoms with van der Waals surface area (Å²) < 4.78 is 4.47. The highest BCUT2D eigenvalue weighted by Crippen LogP contribution is 2.16. The number of H-pyrrole nitrogens is 1. The Labute approximate surface area is 104 Å². The highest BCUT2D eigenvalue weighted by atomic mass is 16.5. The third-order valence-electron chi connectivity index (χ3n) is 3.00. The van der Waals surface area contributed by atoms with E-state index in [1.54, 1.807) is 18.0 Å². The third-order valence-corrected chi connectivity index (χ3v) is 3.00. The maximum atomic E-state index is 12.1. The zero-order valence-corrected chi connectivity index (χ0v) is 10.4. The van der Waals surface area contributed by atoms with Crippen LogP contribution >= 0.6 is 0 Å². The van der Waals surface area contributed by atoms with Crippen molar-refractivity contribution in [2.24, 2.45) is 0 Å². The molecule has 1 aliphatic rings. The Hall–Kier alpha value is -2.05. The number of hydrogen-bond acceptors (Lipinski definition) is 4. The number of fused-ring (bicyclic) bond motifs is 1. The zero-order valence-electron chi connectivity index (χ0n) is 10.4. The van der Waals surface area contributed by atoms with E-state index in [0.29, 0.717) is 13.1 Å². The lowest BCUT2D eigenvalue weighted by Crippen LogP contribution is -2.48. The standard InChI is InChI=1S/C11H16N4O3/c1-7(13-11(17)18-2)10(16)15-4-3-9-8(6-15)5-12-14-9/h5,7H,3-4,6H2,1-2H3,(H,12,14)(H,13,17). The number of nitrogens with one attached hydrogen (secondary N) is 2. The average molecular weight is 252 g/mol. The van der Waals surface area contributed by atoms with Crippen LogP contribution in [0.3, 0.4) is 0 Å². The minimum atomic E-state index is -0.600. The molecular weight excluding hydrogens is 236 g/mol. The molecule has 2 rings (SSSR count). The van der Waals surface area contributed by atoms with Crippen LogP contribution < -0.4 is 5.32 Å². The van der Waals surface area contributed by atoms with Gasteiger partial charge < -0.3 is 15.0 Å². The topological polar surface area (TPSA) is 87.3 Å². The number of aromatic nitrogens is 2. The molecule has 18 heavy (non-hydrogen) atoms. The first-order valence-corrected chi connectivity index (χ1v) is 5.76. The van der Waals surface area contributed by atoms with E-state index in [2.05, 4.69) is 20.3 Å². The van der Waals surface area contributed by atoms with Crippen LogP contribution in [0.4, 0.5) is 4.79 Å². The van der Waals surface area contributed by atoms with Crippen molar-refractivity contribution in [1.82, 2.24) is 20.4 Å². The van der Waals surface area contributed by atoms with Crippen LogP contribution in [0.25, 0.3) is 0 Å². The van der Waals surface area contributed by atoms with Crippen molar-refractivity contribution >= 4 is 12.0 Å². The lowest BCUT2D eigenvalue weighted by molar-refractivity contribution is -0.133. The number of alkyl carbamates (subject to hydrolysis) is 1. The van der Waals surface area contributed by atoms with E-state index in [4.69, 9.17) is 0 Å². The Morgan fingerprint density at radius 3 is 3.11 bits per heavy atom. The number of amides is 2. The smallest absolute Gasteiger partial charge is 0.407 e. The second-order valence-corrected chi connectivity index (χ2v) is 4.24. The molecule has 98 valence electrons. The summed E-state index contributed by atoms with van der Waals surface area (Å²) in [5.74, 6) is -0.118. The van der Waals surface area contributed by atoms with Gasteiger partial charge in [0, 0.05) is 30.8 Å². The highest BCUT2D eigenvalue weighted by Gasteiger charge is 2.26. The van der Waals surface area contributed by atoms with Gasteiger partial charge in [0.15, 0.2) is 0 Å². The zero-order chi connectivity index (χ0) is 13.1. The number of methoxy groups -OCH3 is 1. The van der Waals surface area contributed by atoms with Crippen molar-refractivity contribution in [3.63, 3.8) is 0 Å². The van der Waals surface area contributed by atoms with Crippen LogP contribution in [-0.2, 0) is 22.5 Å². The molecule has 2 amide bonds. The molecule has 2 heterocycles. The Morgan fingerprint density at radius 2 is 2.39 bits per heavy atom. The maximum Gasteiger partial charge on any atom is 0.407 e. The van der Waals surface area contributed by atoms with Gasteiger partial charge in [-0.2, -0.15) is 5.10 Å². The Kier molecular flexibility index (Phi) is 3.50. The molecule has 7 heteroatoms. The largest absolute Gasteiger partial charge is 0.453 e. The highest BCUT2D eigenvalue weighted by molar-refractivity contribution is 5.85. The maximum absolute atomic E-state index is 12.1. The molecule has 0 aromatic carbocycles. The normalized spacial score (nSPS) is 15.8.